The van der Waals surface area contributed by atoms with Gasteiger partial charge in [-0.1, -0.05) is 42.8 Å². The topological polar surface area (TPSA) is 48.4 Å². The van der Waals surface area contributed by atoms with Gasteiger partial charge in [0, 0.05) is 11.8 Å². The summed E-state index contributed by atoms with van der Waals surface area (Å²) in [5.74, 6) is 0.727. The van der Waals surface area contributed by atoms with Gasteiger partial charge in [-0.25, -0.2) is 4.98 Å². The molecule has 1 heterocycles. The van der Waals surface area contributed by atoms with Crippen molar-refractivity contribution in [3.8, 4) is 5.75 Å². The predicted molar refractivity (Wildman–Crippen MR) is 107 cm³/mol. The number of aryl methyl sites for hydroxylation is 1. The molecule has 0 fully saturated rings. The van der Waals surface area contributed by atoms with E-state index in [-0.39, 0.29) is 5.97 Å². The van der Waals surface area contributed by atoms with Crippen LogP contribution in [0.15, 0.2) is 60.7 Å². The van der Waals surface area contributed by atoms with E-state index < -0.39 is 0 Å². The molecule has 0 radical (unpaired) electrons. The van der Waals surface area contributed by atoms with E-state index in [0.717, 1.165) is 48.0 Å². The number of fused-ring (bicyclic) bond motifs is 1. The lowest BCUT2D eigenvalue weighted by Crippen LogP contribution is -2.00. The molecule has 27 heavy (non-hydrogen) atoms. The van der Waals surface area contributed by atoms with Gasteiger partial charge in [-0.15, -0.1) is 0 Å². The summed E-state index contributed by atoms with van der Waals surface area (Å²) in [4.78, 5) is 15.7. The standard InChI is InChI=1S/C23H25NO3/c1-26-23(25)13-4-2-3-8-18-9-7-11-21(16-18)27-17-20-15-14-19-10-5-6-12-22(19)24-20/h5-7,9-12,14-16H,2-4,8,13,17H2,1H3. The number of esters is 1. The fraction of sp³-hybridized carbons (Fsp3) is 0.304. The molecule has 3 rings (SSSR count). The fourth-order valence-electron chi connectivity index (χ4n) is 3.01. The van der Waals surface area contributed by atoms with Crippen molar-refractivity contribution in [3.63, 3.8) is 0 Å². The summed E-state index contributed by atoms with van der Waals surface area (Å²) in [5, 5.41) is 1.13. The van der Waals surface area contributed by atoms with Crippen LogP contribution in [0.2, 0.25) is 0 Å². The summed E-state index contributed by atoms with van der Waals surface area (Å²) in [7, 11) is 1.43. The molecule has 0 unspecified atom stereocenters. The summed E-state index contributed by atoms with van der Waals surface area (Å²) in [5.41, 5.74) is 3.15. The first-order chi connectivity index (χ1) is 13.2. The summed E-state index contributed by atoms with van der Waals surface area (Å²) >= 11 is 0. The molecule has 0 spiro atoms. The van der Waals surface area contributed by atoms with E-state index in [1.165, 1.54) is 12.7 Å². The third-order valence-corrected chi connectivity index (χ3v) is 4.52. The van der Waals surface area contributed by atoms with Crippen LogP contribution in [0, 0.1) is 0 Å². The molecule has 0 saturated carbocycles. The number of aromatic nitrogens is 1. The molecule has 0 aliphatic heterocycles. The van der Waals surface area contributed by atoms with Gasteiger partial charge in [0.2, 0.25) is 0 Å². The quantitative estimate of drug-likeness (QED) is 0.392. The maximum Gasteiger partial charge on any atom is 0.305 e. The predicted octanol–water partition coefficient (Wildman–Crippen LogP) is 5.09. The first-order valence-electron chi connectivity index (χ1n) is 9.38. The smallest absolute Gasteiger partial charge is 0.305 e. The second kappa shape index (κ2) is 9.72. The number of unbranched alkanes of at least 4 members (excludes halogenated alkanes) is 2. The van der Waals surface area contributed by atoms with Crippen LogP contribution in [0.1, 0.15) is 36.9 Å². The average Bonchev–Trinajstić information content (AvgIpc) is 2.72. The Hall–Kier alpha value is -2.88. The third kappa shape index (κ3) is 5.81. The maximum atomic E-state index is 11.1. The molecule has 3 aromatic rings. The number of nitrogens with zero attached hydrogens (tertiary/aromatic N) is 1. The maximum absolute atomic E-state index is 11.1. The molecule has 0 aliphatic carbocycles. The van der Waals surface area contributed by atoms with E-state index in [4.69, 9.17) is 4.74 Å². The van der Waals surface area contributed by atoms with E-state index in [1.807, 2.05) is 36.4 Å². The SMILES string of the molecule is COC(=O)CCCCCc1cccc(OCc2ccc3ccccc3n2)c1. The zero-order valence-corrected chi connectivity index (χ0v) is 15.7. The second-order valence-corrected chi connectivity index (χ2v) is 6.57. The van der Waals surface area contributed by atoms with Crippen molar-refractivity contribution in [2.45, 2.75) is 38.7 Å². The Kier molecular flexibility index (Phi) is 6.80. The first kappa shape index (κ1) is 18.9. The Bertz CT molecular complexity index is 891. The molecular formula is C23H25NO3. The lowest BCUT2D eigenvalue weighted by molar-refractivity contribution is -0.140. The van der Waals surface area contributed by atoms with Gasteiger partial charge in [-0.2, -0.15) is 0 Å². The highest BCUT2D eigenvalue weighted by atomic mass is 16.5. The van der Waals surface area contributed by atoms with Crippen molar-refractivity contribution in [1.82, 2.24) is 4.98 Å². The highest BCUT2D eigenvalue weighted by Crippen LogP contribution is 2.18. The molecule has 0 N–H and O–H groups in total. The lowest BCUT2D eigenvalue weighted by atomic mass is 10.1. The van der Waals surface area contributed by atoms with Gasteiger partial charge >= 0.3 is 5.97 Å². The van der Waals surface area contributed by atoms with Crippen LogP contribution in [-0.4, -0.2) is 18.1 Å². The largest absolute Gasteiger partial charge is 0.487 e. The van der Waals surface area contributed by atoms with E-state index in [0.29, 0.717) is 13.0 Å². The lowest BCUT2D eigenvalue weighted by Gasteiger charge is -2.09. The van der Waals surface area contributed by atoms with Crippen LogP contribution in [-0.2, 0) is 22.6 Å². The number of ether oxygens (including phenoxy) is 2. The fourth-order valence-corrected chi connectivity index (χ4v) is 3.01. The van der Waals surface area contributed by atoms with Gasteiger partial charge in [0.15, 0.2) is 0 Å². The number of para-hydroxylation sites is 1. The van der Waals surface area contributed by atoms with Crippen LogP contribution in [0.3, 0.4) is 0 Å². The molecule has 1 aromatic heterocycles. The van der Waals surface area contributed by atoms with Crippen LogP contribution in [0.4, 0.5) is 0 Å². The van der Waals surface area contributed by atoms with Gasteiger partial charge in [0.25, 0.3) is 0 Å². The van der Waals surface area contributed by atoms with Crippen molar-refractivity contribution in [2.75, 3.05) is 7.11 Å². The average molecular weight is 363 g/mol. The molecule has 4 heteroatoms. The molecule has 0 atom stereocenters. The van der Waals surface area contributed by atoms with Crippen LogP contribution in [0.5, 0.6) is 5.75 Å². The van der Waals surface area contributed by atoms with Crippen LogP contribution in [0.25, 0.3) is 10.9 Å². The van der Waals surface area contributed by atoms with Crippen molar-refractivity contribution < 1.29 is 14.3 Å². The molecule has 2 aromatic carbocycles. The number of hydrogen-bond acceptors (Lipinski definition) is 4. The highest BCUT2D eigenvalue weighted by Gasteiger charge is 2.03. The van der Waals surface area contributed by atoms with E-state index in [9.17, 15) is 4.79 Å². The third-order valence-electron chi connectivity index (χ3n) is 4.52. The van der Waals surface area contributed by atoms with Gasteiger partial charge < -0.3 is 9.47 Å². The highest BCUT2D eigenvalue weighted by molar-refractivity contribution is 5.78. The van der Waals surface area contributed by atoms with E-state index >= 15 is 0 Å². The zero-order valence-electron chi connectivity index (χ0n) is 15.7. The normalized spacial score (nSPS) is 10.7. The minimum Gasteiger partial charge on any atom is -0.487 e. The number of rotatable bonds is 9. The van der Waals surface area contributed by atoms with Crippen molar-refractivity contribution >= 4 is 16.9 Å². The van der Waals surface area contributed by atoms with Gasteiger partial charge in [0.1, 0.15) is 12.4 Å². The van der Waals surface area contributed by atoms with Crippen LogP contribution >= 0.6 is 0 Å². The molecule has 0 amide bonds. The molecule has 0 bridgehead atoms. The number of pyridine rings is 1. The molecule has 0 saturated heterocycles. The summed E-state index contributed by atoms with van der Waals surface area (Å²) in [6.45, 7) is 0.452. The molecular weight excluding hydrogens is 338 g/mol. The number of methoxy groups -OCH3 is 1. The zero-order chi connectivity index (χ0) is 18.9. The van der Waals surface area contributed by atoms with E-state index in [1.54, 1.807) is 0 Å². The minimum absolute atomic E-state index is 0.132. The molecule has 4 nitrogen and oxygen atoms in total. The second-order valence-electron chi connectivity index (χ2n) is 6.57. The Morgan fingerprint density at radius 1 is 0.963 bits per heavy atom. The Morgan fingerprint density at radius 3 is 2.74 bits per heavy atom. The van der Waals surface area contributed by atoms with Gasteiger partial charge in [-0.3, -0.25) is 4.79 Å². The molecule has 140 valence electrons. The van der Waals surface area contributed by atoms with Crippen molar-refractivity contribution in [1.29, 1.82) is 0 Å². The molecule has 0 aliphatic rings. The van der Waals surface area contributed by atoms with E-state index in [2.05, 4.69) is 34.0 Å². The Balaban J connectivity index is 1.49. The number of hydrogen-bond donors (Lipinski definition) is 0. The Morgan fingerprint density at radius 2 is 1.85 bits per heavy atom. The monoisotopic (exact) mass is 363 g/mol. The van der Waals surface area contributed by atoms with Gasteiger partial charge in [-0.05, 0) is 49.1 Å². The summed E-state index contributed by atoms with van der Waals surface area (Å²) < 4.78 is 10.6. The number of benzene rings is 2. The van der Waals surface area contributed by atoms with Crippen molar-refractivity contribution in [3.05, 3.63) is 71.9 Å². The first-order valence-corrected chi connectivity index (χ1v) is 9.38. The van der Waals surface area contributed by atoms with Crippen molar-refractivity contribution in [2.24, 2.45) is 0 Å². The summed E-state index contributed by atoms with van der Waals surface area (Å²) in [6, 6.07) is 20.4. The number of carbonyl (C=O) groups excluding carboxylic acids is 1. The van der Waals surface area contributed by atoms with Gasteiger partial charge in [0.05, 0.1) is 18.3 Å². The minimum atomic E-state index is -0.132. The summed E-state index contributed by atoms with van der Waals surface area (Å²) in [6.07, 6.45) is 4.41. The number of carbonyl (C=O) groups is 1. The van der Waals surface area contributed by atoms with Crippen LogP contribution < -0.4 is 4.74 Å². The Labute approximate surface area is 160 Å².